The van der Waals surface area contributed by atoms with E-state index in [0.29, 0.717) is 22.5 Å². The number of halogens is 5. The third-order valence-electron chi connectivity index (χ3n) is 7.96. The van der Waals surface area contributed by atoms with Gasteiger partial charge in [0.25, 0.3) is 5.91 Å². The van der Waals surface area contributed by atoms with Crippen LogP contribution in [0.2, 0.25) is 0 Å². The lowest BCUT2D eigenvalue weighted by Gasteiger charge is -2.33. The lowest BCUT2D eigenvalue weighted by atomic mass is 9.81. The van der Waals surface area contributed by atoms with Crippen LogP contribution in [0.4, 0.5) is 22.0 Å². The van der Waals surface area contributed by atoms with Gasteiger partial charge < -0.3 is 15.4 Å². The van der Waals surface area contributed by atoms with Crippen molar-refractivity contribution in [1.29, 1.82) is 0 Å². The average Bonchev–Trinajstić information content (AvgIpc) is 3.71. The molecule has 0 spiro atoms. The number of pyridine rings is 1. The lowest BCUT2D eigenvalue weighted by Crippen LogP contribution is -2.37. The van der Waals surface area contributed by atoms with Crippen molar-refractivity contribution in [2.75, 3.05) is 0 Å². The Kier molecular flexibility index (Phi) is 9.07. The van der Waals surface area contributed by atoms with Crippen molar-refractivity contribution in [2.24, 2.45) is 11.8 Å². The Balaban J connectivity index is 1.39. The molecule has 2 amide bonds. The summed E-state index contributed by atoms with van der Waals surface area (Å²) in [5.74, 6) is -3.87. The number of nitrogens with one attached hydrogen (secondary N) is 2. The van der Waals surface area contributed by atoms with Crippen LogP contribution in [0, 0.1) is 11.8 Å². The van der Waals surface area contributed by atoms with Crippen molar-refractivity contribution in [2.45, 2.75) is 95.5 Å². The smallest absolute Gasteiger partial charge is 0.389 e. The molecule has 0 radical (unpaired) electrons. The highest BCUT2D eigenvalue weighted by Gasteiger charge is 2.40. The zero-order chi connectivity index (χ0) is 31.6. The summed E-state index contributed by atoms with van der Waals surface area (Å²) in [5.41, 5.74) is 1.72. The second kappa shape index (κ2) is 12.6. The number of amides is 2. The van der Waals surface area contributed by atoms with Crippen LogP contribution in [-0.4, -0.2) is 49.6 Å². The molecule has 2 saturated carbocycles. The number of hydrogen-bond donors (Lipinski definition) is 2. The van der Waals surface area contributed by atoms with Crippen molar-refractivity contribution >= 4 is 17.5 Å². The SMILES string of the molecule is CC(C)Oc1cc(C(=O)N[C@H](c2cn3ncc([C@H](NC(=O)CCC(F)(F)F)C4CC4)cc3n2)C2CCC(F)(F)CC2)ccn1. The van der Waals surface area contributed by atoms with Gasteiger partial charge in [-0.3, -0.25) is 9.59 Å². The second-order valence-corrected chi connectivity index (χ2v) is 11.9. The molecule has 0 saturated heterocycles. The molecule has 2 aliphatic carbocycles. The average molecular weight is 623 g/mol. The van der Waals surface area contributed by atoms with Gasteiger partial charge in [-0.05, 0) is 69.1 Å². The molecule has 3 aromatic rings. The standard InChI is InChI=1S/C30H35F5N6O3/c1-17(2)44-25-14-20(8-12-36-25)28(43)40-27(19-5-9-29(31,32)10-6-19)22-16-41-23(38-22)13-21(15-37-41)26(18-3-4-18)39-24(42)7-11-30(33,34)35/h8,12-19,26-27H,3-7,9-11H2,1-2H3,(H,39,42)(H,40,43)/t26-,27+/m1/s1. The molecule has 2 atom stereocenters. The number of ether oxygens (including phenoxy) is 1. The third-order valence-corrected chi connectivity index (χ3v) is 7.96. The Labute approximate surface area is 251 Å². The first-order chi connectivity index (χ1) is 20.8. The minimum absolute atomic E-state index is 0.0735. The second-order valence-electron chi connectivity index (χ2n) is 11.9. The maximum atomic E-state index is 14.1. The van der Waals surface area contributed by atoms with Crippen molar-refractivity contribution in [3.63, 3.8) is 0 Å². The first-order valence-corrected chi connectivity index (χ1v) is 14.8. The molecule has 0 aliphatic heterocycles. The number of nitrogens with zero attached hydrogens (tertiary/aromatic N) is 4. The first kappa shape index (κ1) is 31.6. The predicted octanol–water partition coefficient (Wildman–Crippen LogP) is 6.12. The number of fused-ring (bicyclic) bond motifs is 1. The van der Waals surface area contributed by atoms with Crippen LogP contribution in [0.15, 0.2) is 36.8 Å². The summed E-state index contributed by atoms with van der Waals surface area (Å²) in [7, 11) is 0. The molecule has 238 valence electrons. The number of aromatic nitrogens is 4. The molecular weight excluding hydrogens is 587 g/mol. The Morgan fingerprint density at radius 1 is 1.07 bits per heavy atom. The Morgan fingerprint density at radius 2 is 1.77 bits per heavy atom. The number of carbonyl (C=O) groups is 2. The molecule has 5 rings (SSSR count). The zero-order valence-electron chi connectivity index (χ0n) is 24.4. The van der Waals surface area contributed by atoms with Gasteiger partial charge in [-0.2, -0.15) is 18.3 Å². The van der Waals surface area contributed by atoms with E-state index in [4.69, 9.17) is 9.72 Å². The van der Waals surface area contributed by atoms with Gasteiger partial charge in [-0.15, -0.1) is 0 Å². The van der Waals surface area contributed by atoms with Crippen LogP contribution in [0.1, 0.15) is 98.9 Å². The lowest BCUT2D eigenvalue weighted by molar-refractivity contribution is -0.144. The van der Waals surface area contributed by atoms with Crippen LogP contribution < -0.4 is 15.4 Å². The van der Waals surface area contributed by atoms with E-state index in [1.54, 1.807) is 12.3 Å². The molecule has 0 unspecified atom stereocenters. The number of carbonyl (C=O) groups excluding carboxylic acids is 2. The van der Waals surface area contributed by atoms with E-state index >= 15 is 0 Å². The molecule has 0 aromatic carbocycles. The number of hydrogen-bond acceptors (Lipinski definition) is 6. The summed E-state index contributed by atoms with van der Waals surface area (Å²) in [6, 6.07) is 3.54. The van der Waals surface area contributed by atoms with Crippen molar-refractivity contribution < 1.29 is 36.3 Å². The fraction of sp³-hybridized carbons (Fsp3) is 0.567. The summed E-state index contributed by atoms with van der Waals surface area (Å²) in [4.78, 5) is 34.5. The molecule has 44 heavy (non-hydrogen) atoms. The molecule has 3 aromatic heterocycles. The van der Waals surface area contributed by atoms with E-state index in [2.05, 4.69) is 20.7 Å². The molecule has 2 aliphatic rings. The van der Waals surface area contributed by atoms with E-state index in [1.165, 1.54) is 29.0 Å². The molecule has 2 N–H and O–H groups in total. The monoisotopic (exact) mass is 622 g/mol. The number of imidazole rings is 1. The zero-order valence-corrected chi connectivity index (χ0v) is 24.4. The van der Waals surface area contributed by atoms with Crippen LogP contribution in [-0.2, 0) is 4.79 Å². The third kappa shape index (κ3) is 8.20. The van der Waals surface area contributed by atoms with Crippen LogP contribution in [0.3, 0.4) is 0 Å². The first-order valence-electron chi connectivity index (χ1n) is 14.8. The summed E-state index contributed by atoms with van der Waals surface area (Å²) in [6.45, 7) is 3.67. The van der Waals surface area contributed by atoms with Crippen molar-refractivity contribution in [1.82, 2.24) is 30.2 Å². The van der Waals surface area contributed by atoms with E-state index in [9.17, 15) is 31.5 Å². The molecule has 3 heterocycles. The number of alkyl halides is 5. The minimum atomic E-state index is -4.43. The van der Waals surface area contributed by atoms with Crippen molar-refractivity contribution in [3.8, 4) is 5.88 Å². The van der Waals surface area contributed by atoms with E-state index in [0.717, 1.165) is 12.8 Å². The van der Waals surface area contributed by atoms with Gasteiger partial charge in [0.2, 0.25) is 17.7 Å². The van der Waals surface area contributed by atoms with Crippen molar-refractivity contribution in [3.05, 3.63) is 53.6 Å². The fourth-order valence-electron chi connectivity index (χ4n) is 5.54. The normalized spacial score (nSPS) is 18.6. The van der Waals surface area contributed by atoms with Gasteiger partial charge in [-0.25, -0.2) is 23.3 Å². The van der Waals surface area contributed by atoms with Crippen LogP contribution >= 0.6 is 0 Å². The van der Waals surface area contributed by atoms with Gasteiger partial charge in [0.1, 0.15) is 0 Å². The summed E-state index contributed by atoms with van der Waals surface area (Å²) in [6.07, 6.45) is -0.466. The minimum Gasteiger partial charge on any atom is -0.475 e. The highest BCUT2D eigenvalue weighted by molar-refractivity contribution is 5.94. The highest BCUT2D eigenvalue weighted by atomic mass is 19.4. The summed E-state index contributed by atoms with van der Waals surface area (Å²) in [5, 5.41) is 10.1. The van der Waals surface area contributed by atoms with E-state index in [-0.39, 0.29) is 49.5 Å². The Hall–Kier alpha value is -3.84. The Morgan fingerprint density at radius 3 is 2.43 bits per heavy atom. The van der Waals surface area contributed by atoms with Gasteiger partial charge in [0, 0.05) is 37.1 Å². The summed E-state index contributed by atoms with van der Waals surface area (Å²) >= 11 is 0. The Bertz CT molecular complexity index is 1480. The summed E-state index contributed by atoms with van der Waals surface area (Å²) < 4.78 is 73.1. The van der Waals surface area contributed by atoms with Gasteiger partial charge in [0.05, 0.1) is 42.7 Å². The maximum Gasteiger partial charge on any atom is 0.389 e. The van der Waals surface area contributed by atoms with Gasteiger partial charge >= 0.3 is 6.18 Å². The topological polar surface area (TPSA) is 111 Å². The molecule has 14 heteroatoms. The number of rotatable bonds is 11. The molecular formula is C30H35F5N6O3. The van der Waals surface area contributed by atoms with Crippen LogP contribution in [0.5, 0.6) is 5.88 Å². The van der Waals surface area contributed by atoms with E-state index < -0.39 is 48.8 Å². The largest absolute Gasteiger partial charge is 0.475 e. The predicted molar refractivity (Wildman–Crippen MR) is 149 cm³/mol. The molecule has 0 bridgehead atoms. The van der Waals surface area contributed by atoms with Crippen LogP contribution in [0.25, 0.3) is 5.65 Å². The molecule has 2 fully saturated rings. The molecule has 9 nitrogen and oxygen atoms in total. The van der Waals surface area contributed by atoms with Gasteiger partial charge in [-0.1, -0.05) is 0 Å². The van der Waals surface area contributed by atoms with Gasteiger partial charge in [0.15, 0.2) is 5.65 Å². The quantitative estimate of drug-likeness (QED) is 0.250. The highest BCUT2D eigenvalue weighted by Crippen LogP contribution is 2.43. The fourth-order valence-corrected chi connectivity index (χ4v) is 5.54. The maximum absolute atomic E-state index is 14.1. The van der Waals surface area contributed by atoms with E-state index in [1.807, 2.05) is 13.8 Å².